The molecule has 88 heavy (non-hydrogen) atoms. The molecular formula is C66H152O22. The lowest BCUT2D eigenvalue weighted by Crippen LogP contribution is -2.44. The average Bonchev–Trinajstić information content (AvgIpc) is 3.26. The Morgan fingerprint density at radius 2 is 0.648 bits per heavy atom. The third kappa shape index (κ3) is 98.7. The molecule has 7 unspecified atom stereocenters. The van der Waals surface area contributed by atoms with Gasteiger partial charge in [0.1, 0.15) is 11.2 Å². The molecule has 0 spiro atoms. The number of hydrogen-bond donors (Lipinski definition) is 22. The minimum absolute atomic E-state index is 0.0394. The summed E-state index contributed by atoms with van der Waals surface area (Å²) in [5, 5.41) is 197. The van der Waals surface area contributed by atoms with Crippen LogP contribution in [0.3, 0.4) is 0 Å². The standard InChI is InChI=1S/C9H20O2.2C8H18O2.C7H16O2.C6H14O3.4C6H14O2.C4H10O3/c1-5-6-9(4,11)7-8(2,3)10;1-7(2,9)5-6-8(3,4)10;1-3-4-5-8(2,10)6-7-9;1-6(2,8)5-7(3,4)9;1-3-5(8)6(2,9)4-7;1-5(4-7)6(2,3)8;1-5(7)4-6(2,3)8;1-5(2,7)6(3,4)8;1-4-5(7)6(2,3)8;1-4(7,2-5)3-6/h10-11H,5-7H2,1-4H3;9-10H,5-6H2,1-4H3;9-10H,3-7H2,1-2H3;8-9H,5H2,1-4H3;5,7-9H,3-4H2,1-2H3;2*5,7-8H,4H2,1-3H3;7-8H,1-4H3;5,7-8H,4H2,1-3H3;5-7H,2-3H2,1H3. The van der Waals surface area contributed by atoms with Crippen LogP contribution in [-0.4, -0.2) is 242 Å². The van der Waals surface area contributed by atoms with Gasteiger partial charge in [0.25, 0.3) is 0 Å². The highest BCUT2D eigenvalue weighted by molar-refractivity contribution is 4.85. The Bertz CT molecular complexity index is 1450. The molecule has 22 nitrogen and oxygen atoms in total. The van der Waals surface area contributed by atoms with Crippen molar-refractivity contribution in [1.82, 2.24) is 0 Å². The first-order chi connectivity index (χ1) is 38.1. The van der Waals surface area contributed by atoms with Crippen molar-refractivity contribution in [2.75, 3.05) is 33.0 Å². The number of hydrogen-bond acceptors (Lipinski definition) is 22. The lowest BCUT2D eigenvalue weighted by atomic mass is 9.88. The fraction of sp³-hybridized carbons (Fsp3) is 1.00. The predicted molar refractivity (Wildman–Crippen MR) is 356 cm³/mol. The van der Waals surface area contributed by atoms with E-state index in [-0.39, 0.29) is 19.1 Å². The van der Waals surface area contributed by atoms with Gasteiger partial charge >= 0.3 is 0 Å². The summed E-state index contributed by atoms with van der Waals surface area (Å²) in [4.78, 5) is 0. The van der Waals surface area contributed by atoms with E-state index in [0.717, 1.165) is 32.1 Å². The second-order valence-corrected chi connectivity index (χ2v) is 30.8. The molecule has 7 atom stereocenters. The highest BCUT2D eigenvalue weighted by Gasteiger charge is 2.32. The average molecular weight is 1300 g/mol. The topological polar surface area (TPSA) is 445 Å². The molecule has 548 valence electrons. The van der Waals surface area contributed by atoms with E-state index in [1.54, 1.807) is 173 Å². The van der Waals surface area contributed by atoms with E-state index >= 15 is 0 Å². The predicted octanol–water partition coefficient (Wildman–Crippen LogP) is 5.43. The molecule has 0 rings (SSSR count). The Morgan fingerprint density at radius 1 is 0.318 bits per heavy atom. The Labute approximate surface area is 537 Å². The summed E-state index contributed by atoms with van der Waals surface area (Å²) in [6.07, 6.45) is 6.89. The fourth-order valence-corrected chi connectivity index (χ4v) is 6.19. The van der Waals surface area contributed by atoms with Crippen molar-refractivity contribution in [3.05, 3.63) is 0 Å². The van der Waals surface area contributed by atoms with Crippen LogP contribution in [-0.2, 0) is 0 Å². The molecule has 0 aliphatic rings. The zero-order valence-corrected chi connectivity index (χ0v) is 61.9. The maximum atomic E-state index is 9.69. The summed E-state index contributed by atoms with van der Waals surface area (Å²) in [5.74, 6) is -0.0394. The smallest absolute Gasteiger partial charge is 0.111 e. The molecule has 0 heterocycles. The van der Waals surface area contributed by atoms with Crippen molar-refractivity contribution >= 4 is 0 Å². The van der Waals surface area contributed by atoms with Crippen molar-refractivity contribution in [2.45, 2.75) is 388 Å². The molecule has 0 amide bonds. The first-order valence-corrected chi connectivity index (χ1v) is 31.3. The van der Waals surface area contributed by atoms with Crippen LogP contribution in [0.1, 0.15) is 291 Å². The van der Waals surface area contributed by atoms with Crippen LogP contribution >= 0.6 is 0 Å². The van der Waals surface area contributed by atoms with Gasteiger partial charge in [-0.05, 0) is 218 Å². The summed E-state index contributed by atoms with van der Waals surface area (Å²) >= 11 is 0. The van der Waals surface area contributed by atoms with Gasteiger partial charge in [0.2, 0.25) is 0 Å². The van der Waals surface area contributed by atoms with Gasteiger partial charge < -0.3 is 112 Å². The van der Waals surface area contributed by atoms with Crippen LogP contribution in [0.25, 0.3) is 0 Å². The van der Waals surface area contributed by atoms with Gasteiger partial charge in [0.15, 0.2) is 0 Å². The Morgan fingerprint density at radius 3 is 0.750 bits per heavy atom. The molecular weight excluding hydrogens is 1140 g/mol. The second kappa shape index (κ2) is 48.8. The molecule has 0 bridgehead atoms. The third-order valence-electron chi connectivity index (χ3n) is 12.6. The molecule has 0 aliphatic carbocycles. The Kier molecular flexibility index (Phi) is 60.2. The van der Waals surface area contributed by atoms with Crippen LogP contribution in [0.4, 0.5) is 0 Å². The lowest BCUT2D eigenvalue weighted by molar-refractivity contribution is -0.107. The fourth-order valence-electron chi connectivity index (χ4n) is 6.19. The lowest BCUT2D eigenvalue weighted by Gasteiger charge is -2.31. The van der Waals surface area contributed by atoms with Gasteiger partial charge in [0.05, 0.1) is 105 Å². The van der Waals surface area contributed by atoms with E-state index in [4.69, 9.17) is 76.6 Å². The highest BCUT2D eigenvalue weighted by Crippen LogP contribution is 2.25. The minimum Gasteiger partial charge on any atom is -0.396 e. The van der Waals surface area contributed by atoms with E-state index in [1.165, 1.54) is 13.8 Å². The molecule has 0 aromatic rings. The van der Waals surface area contributed by atoms with Crippen LogP contribution in [0, 0.1) is 5.92 Å². The normalized spacial score (nSPS) is 16.0. The van der Waals surface area contributed by atoms with Crippen LogP contribution in [0.5, 0.6) is 0 Å². The zero-order chi connectivity index (χ0) is 74.0. The number of rotatable bonds is 26. The highest BCUT2D eigenvalue weighted by atomic mass is 16.4. The van der Waals surface area contributed by atoms with Crippen molar-refractivity contribution in [2.24, 2.45) is 5.92 Å². The molecule has 0 aromatic carbocycles. The molecule has 0 saturated carbocycles. The number of aliphatic hydroxyl groups is 22. The molecule has 22 heteroatoms. The van der Waals surface area contributed by atoms with E-state index in [0.29, 0.717) is 51.4 Å². The quantitative estimate of drug-likeness (QED) is 0.0513. The molecule has 0 aliphatic heterocycles. The van der Waals surface area contributed by atoms with Crippen LogP contribution in [0.2, 0.25) is 0 Å². The maximum Gasteiger partial charge on any atom is 0.111 e. The van der Waals surface area contributed by atoms with E-state index < -0.39 is 117 Å². The summed E-state index contributed by atoms with van der Waals surface area (Å²) in [7, 11) is 0. The number of aliphatic hydroxyl groups excluding tert-OH is 8. The third-order valence-corrected chi connectivity index (χ3v) is 12.6. The second-order valence-electron chi connectivity index (χ2n) is 30.8. The first-order valence-electron chi connectivity index (χ1n) is 31.3. The zero-order valence-electron chi connectivity index (χ0n) is 61.9. The van der Waals surface area contributed by atoms with E-state index in [2.05, 4.69) is 6.92 Å². The number of unbranched alkanes of at least 4 members (excludes halogenated alkanes) is 1. The summed E-state index contributed by atoms with van der Waals surface area (Å²) in [5.41, 5.74) is -12.0. The Hall–Kier alpha value is -0.880. The first kappa shape index (κ1) is 109. The maximum absolute atomic E-state index is 9.69. The van der Waals surface area contributed by atoms with Crippen molar-refractivity contribution in [3.8, 4) is 0 Å². The van der Waals surface area contributed by atoms with Crippen LogP contribution < -0.4 is 0 Å². The molecule has 0 radical (unpaired) electrons. The van der Waals surface area contributed by atoms with Crippen molar-refractivity contribution < 1.29 is 112 Å². The van der Waals surface area contributed by atoms with Gasteiger partial charge in [-0.3, -0.25) is 0 Å². The molecule has 0 aromatic heterocycles. The van der Waals surface area contributed by atoms with E-state index in [9.17, 15) is 35.7 Å². The van der Waals surface area contributed by atoms with E-state index in [1.807, 2.05) is 13.8 Å². The summed E-state index contributed by atoms with van der Waals surface area (Å²) < 4.78 is 0. The Balaban J connectivity index is -0.0000000963. The van der Waals surface area contributed by atoms with Gasteiger partial charge in [0, 0.05) is 38.4 Å². The largest absolute Gasteiger partial charge is 0.396 e. The molecule has 0 saturated heterocycles. The van der Waals surface area contributed by atoms with Crippen molar-refractivity contribution in [3.63, 3.8) is 0 Å². The monoisotopic (exact) mass is 1300 g/mol. The van der Waals surface area contributed by atoms with Gasteiger partial charge in [-0.25, -0.2) is 0 Å². The molecule has 0 fully saturated rings. The summed E-state index contributed by atoms with van der Waals surface area (Å²) in [6, 6.07) is 0. The summed E-state index contributed by atoms with van der Waals surface area (Å²) in [6.45, 7) is 49.8. The SMILES string of the molecule is CC(C)(O)C(C)(C)O.CC(C)(O)CC(C)(C)O.CC(C)(O)CCC(C)(C)O.CC(CO)C(C)(C)O.CC(O)(CO)CO.CC(O)CC(C)(C)O.CCC(O)C(C)(C)O.CCC(O)C(C)(O)CO.CCCC(C)(O)CC(C)(C)O.CCCCC(C)(O)CCO. The molecule has 22 N–H and O–H groups in total. The van der Waals surface area contributed by atoms with Gasteiger partial charge in [-0.1, -0.05) is 53.9 Å². The van der Waals surface area contributed by atoms with Gasteiger partial charge in [-0.2, -0.15) is 0 Å². The van der Waals surface area contributed by atoms with Crippen LogP contribution in [0.15, 0.2) is 0 Å². The van der Waals surface area contributed by atoms with Gasteiger partial charge in [-0.15, -0.1) is 0 Å². The van der Waals surface area contributed by atoms with Crippen molar-refractivity contribution in [1.29, 1.82) is 0 Å². The minimum atomic E-state index is -1.34.